The fraction of sp³-hybridized carbons (Fsp3) is 0.200. The van der Waals surface area contributed by atoms with Crippen LogP contribution in [0.25, 0.3) is 11.5 Å². The van der Waals surface area contributed by atoms with Gasteiger partial charge in [0.1, 0.15) is 11.5 Å². The summed E-state index contributed by atoms with van der Waals surface area (Å²) in [6.45, 7) is 1.90. The highest BCUT2D eigenvalue weighted by Crippen LogP contribution is 2.30. The van der Waals surface area contributed by atoms with Gasteiger partial charge in [-0.2, -0.15) is 4.98 Å². The van der Waals surface area contributed by atoms with E-state index in [0.717, 1.165) is 0 Å². The summed E-state index contributed by atoms with van der Waals surface area (Å²) in [5.41, 5.74) is 0.335. The van der Waals surface area contributed by atoms with Gasteiger partial charge < -0.3 is 14.7 Å². The number of aromatic hydroxyl groups is 2. The van der Waals surface area contributed by atoms with Gasteiger partial charge in [0.05, 0.1) is 5.56 Å². The average molecular weight is 206 g/mol. The quantitative estimate of drug-likeness (QED) is 0.731. The van der Waals surface area contributed by atoms with Crippen molar-refractivity contribution >= 4 is 0 Å². The Labute approximate surface area is 86.0 Å². The number of phenols is 2. The molecule has 0 saturated heterocycles. The summed E-state index contributed by atoms with van der Waals surface area (Å²) in [4.78, 5) is 4.05. The van der Waals surface area contributed by atoms with Gasteiger partial charge in [0.25, 0.3) is 5.89 Å². The lowest BCUT2D eigenvalue weighted by molar-refractivity contribution is 0.416. The normalized spacial score (nSPS) is 10.5. The molecule has 1 aromatic heterocycles. The van der Waals surface area contributed by atoms with Gasteiger partial charge in [-0.1, -0.05) is 12.1 Å². The van der Waals surface area contributed by atoms with E-state index < -0.39 is 0 Å². The van der Waals surface area contributed by atoms with Crippen molar-refractivity contribution in [2.24, 2.45) is 0 Å². The van der Waals surface area contributed by atoms with Crippen LogP contribution in [0.1, 0.15) is 12.7 Å². The molecule has 15 heavy (non-hydrogen) atoms. The Morgan fingerprint density at radius 1 is 1.33 bits per heavy atom. The molecule has 0 aliphatic heterocycles. The summed E-state index contributed by atoms with van der Waals surface area (Å²) in [5.74, 6) is 0.811. The zero-order chi connectivity index (χ0) is 10.8. The summed E-state index contributed by atoms with van der Waals surface area (Å²) < 4.78 is 4.95. The lowest BCUT2D eigenvalue weighted by atomic mass is 10.2. The van der Waals surface area contributed by atoms with Crippen LogP contribution in [0.15, 0.2) is 22.7 Å². The molecule has 0 spiro atoms. The van der Waals surface area contributed by atoms with Crippen LogP contribution in [-0.4, -0.2) is 20.4 Å². The van der Waals surface area contributed by atoms with Crippen LogP contribution < -0.4 is 0 Å². The van der Waals surface area contributed by atoms with E-state index >= 15 is 0 Å². The highest BCUT2D eigenvalue weighted by Gasteiger charge is 2.12. The molecule has 1 heterocycles. The van der Waals surface area contributed by atoms with Gasteiger partial charge in [0, 0.05) is 6.42 Å². The molecule has 0 aliphatic carbocycles. The third-order valence-corrected chi connectivity index (χ3v) is 1.99. The average Bonchev–Trinajstić information content (AvgIpc) is 2.70. The molecular weight excluding hydrogens is 196 g/mol. The number of aryl methyl sites for hydroxylation is 1. The third kappa shape index (κ3) is 1.76. The molecular formula is C10H10N2O3. The van der Waals surface area contributed by atoms with E-state index in [9.17, 15) is 10.2 Å². The minimum absolute atomic E-state index is 0.000830. The molecule has 78 valence electrons. The summed E-state index contributed by atoms with van der Waals surface area (Å²) in [5, 5.41) is 22.5. The number of nitrogens with zero attached hydrogens (tertiary/aromatic N) is 2. The predicted molar refractivity (Wildman–Crippen MR) is 52.4 cm³/mol. The van der Waals surface area contributed by atoms with E-state index in [-0.39, 0.29) is 17.4 Å². The first-order chi connectivity index (χ1) is 7.20. The summed E-state index contributed by atoms with van der Waals surface area (Å²) in [6.07, 6.45) is 0.656. The maximum absolute atomic E-state index is 9.53. The fourth-order valence-corrected chi connectivity index (χ4v) is 1.20. The fourth-order valence-electron chi connectivity index (χ4n) is 1.20. The van der Waals surface area contributed by atoms with Gasteiger partial charge in [0.15, 0.2) is 5.82 Å². The van der Waals surface area contributed by atoms with Crippen molar-refractivity contribution in [2.75, 3.05) is 0 Å². The predicted octanol–water partition coefficient (Wildman–Crippen LogP) is 1.71. The first-order valence-corrected chi connectivity index (χ1v) is 4.55. The van der Waals surface area contributed by atoms with Crippen LogP contribution in [-0.2, 0) is 6.42 Å². The molecule has 0 fully saturated rings. The zero-order valence-electron chi connectivity index (χ0n) is 8.14. The lowest BCUT2D eigenvalue weighted by Gasteiger charge is -1.99. The smallest absolute Gasteiger partial charge is 0.261 e. The Hall–Kier alpha value is -2.04. The number of phenolic OH excluding ortho intramolecular Hbond substituents is 2. The van der Waals surface area contributed by atoms with Crippen molar-refractivity contribution < 1.29 is 14.7 Å². The zero-order valence-corrected chi connectivity index (χ0v) is 8.14. The van der Waals surface area contributed by atoms with E-state index in [2.05, 4.69) is 10.1 Å². The number of aromatic nitrogens is 2. The summed E-state index contributed by atoms with van der Waals surface area (Å²) >= 11 is 0. The van der Waals surface area contributed by atoms with Gasteiger partial charge in [-0.25, -0.2) is 0 Å². The van der Waals surface area contributed by atoms with Crippen LogP contribution >= 0.6 is 0 Å². The molecule has 0 unspecified atom stereocenters. The van der Waals surface area contributed by atoms with Crippen LogP contribution in [0, 0.1) is 0 Å². The van der Waals surface area contributed by atoms with Crippen LogP contribution in [0.3, 0.4) is 0 Å². The molecule has 0 atom stereocenters. The maximum Gasteiger partial charge on any atom is 0.261 e. The maximum atomic E-state index is 9.53. The van der Waals surface area contributed by atoms with E-state index in [1.807, 2.05) is 6.92 Å². The minimum atomic E-state index is -0.000830. The van der Waals surface area contributed by atoms with Crippen molar-refractivity contribution in [2.45, 2.75) is 13.3 Å². The van der Waals surface area contributed by atoms with Crippen molar-refractivity contribution in [1.29, 1.82) is 0 Å². The second-order valence-corrected chi connectivity index (χ2v) is 3.07. The number of hydrogen-bond acceptors (Lipinski definition) is 5. The topological polar surface area (TPSA) is 79.4 Å². The van der Waals surface area contributed by atoms with Crippen LogP contribution in [0.2, 0.25) is 0 Å². The molecule has 1 aromatic carbocycles. The standard InChI is InChI=1S/C10H10N2O3/c1-2-9-11-10(15-12-9)7-5-6(13)3-4-8(7)14/h3-5,13-14H,2H2,1H3. The van der Waals surface area contributed by atoms with E-state index in [1.54, 1.807) is 0 Å². The van der Waals surface area contributed by atoms with Gasteiger partial charge in [-0.05, 0) is 18.2 Å². The molecule has 0 radical (unpaired) electrons. The van der Waals surface area contributed by atoms with E-state index in [0.29, 0.717) is 17.8 Å². The van der Waals surface area contributed by atoms with Crippen LogP contribution in [0.4, 0.5) is 0 Å². The van der Waals surface area contributed by atoms with E-state index in [4.69, 9.17) is 4.52 Å². The van der Waals surface area contributed by atoms with E-state index in [1.165, 1.54) is 18.2 Å². The molecule has 2 N–H and O–H groups in total. The molecule has 0 amide bonds. The lowest BCUT2D eigenvalue weighted by Crippen LogP contribution is -1.83. The highest BCUT2D eigenvalue weighted by atomic mass is 16.5. The van der Waals surface area contributed by atoms with Crippen molar-refractivity contribution in [3.63, 3.8) is 0 Å². The molecule has 2 aromatic rings. The van der Waals surface area contributed by atoms with Crippen molar-refractivity contribution in [1.82, 2.24) is 10.1 Å². The molecule has 0 bridgehead atoms. The van der Waals surface area contributed by atoms with Gasteiger partial charge >= 0.3 is 0 Å². The Morgan fingerprint density at radius 2 is 2.13 bits per heavy atom. The molecule has 5 heteroatoms. The largest absolute Gasteiger partial charge is 0.508 e. The number of benzene rings is 1. The second kappa shape index (κ2) is 3.61. The van der Waals surface area contributed by atoms with Gasteiger partial charge in [-0.3, -0.25) is 0 Å². The molecule has 0 saturated carbocycles. The Balaban J connectivity index is 2.48. The number of hydrogen-bond donors (Lipinski definition) is 2. The first kappa shape index (κ1) is 9.51. The molecule has 5 nitrogen and oxygen atoms in total. The Kier molecular flexibility index (Phi) is 2.29. The van der Waals surface area contributed by atoms with Crippen LogP contribution in [0.5, 0.6) is 11.5 Å². The third-order valence-electron chi connectivity index (χ3n) is 1.99. The summed E-state index contributed by atoms with van der Waals surface area (Å²) in [7, 11) is 0. The Bertz CT molecular complexity index is 479. The second-order valence-electron chi connectivity index (χ2n) is 3.07. The van der Waals surface area contributed by atoms with Crippen molar-refractivity contribution in [3.8, 4) is 23.0 Å². The number of rotatable bonds is 2. The highest BCUT2D eigenvalue weighted by molar-refractivity contribution is 5.64. The molecule has 2 rings (SSSR count). The first-order valence-electron chi connectivity index (χ1n) is 4.55. The monoisotopic (exact) mass is 206 g/mol. The van der Waals surface area contributed by atoms with Crippen molar-refractivity contribution in [3.05, 3.63) is 24.0 Å². The Morgan fingerprint density at radius 3 is 2.80 bits per heavy atom. The summed E-state index contributed by atoms with van der Waals surface area (Å²) in [6, 6.07) is 4.14. The minimum Gasteiger partial charge on any atom is -0.508 e. The van der Waals surface area contributed by atoms with Gasteiger partial charge in [-0.15, -0.1) is 0 Å². The SMILES string of the molecule is CCc1noc(-c2cc(O)ccc2O)n1. The molecule has 0 aliphatic rings. The van der Waals surface area contributed by atoms with Gasteiger partial charge in [0.2, 0.25) is 0 Å².